The molecule has 0 unspecified atom stereocenters. The zero-order valence-corrected chi connectivity index (χ0v) is 15.6. The summed E-state index contributed by atoms with van der Waals surface area (Å²) in [5.41, 5.74) is 1.01. The van der Waals surface area contributed by atoms with Gasteiger partial charge in [-0.25, -0.2) is 8.42 Å². The van der Waals surface area contributed by atoms with Gasteiger partial charge in [0.1, 0.15) is 0 Å². The molecule has 2 aromatic rings. The maximum atomic E-state index is 12.5. The van der Waals surface area contributed by atoms with Gasteiger partial charge in [-0.05, 0) is 30.0 Å². The van der Waals surface area contributed by atoms with Crippen molar-refractivity contribution in [1.29, 1.82) is 0 Å². The van der Waals surface area contributed by atoms with Crippen LogP contribution in [0.15, 0.2) is 41.8 Å². The quantitative estimate of drug-likeness (QED) is 0.729. The number of thiophene rings is 1. The molecule has 0 saturated carbocycles. The number of rotatable bonds is 5. The zero-order valence-electron chi connectivity index (χ0n) is 14.0. The predicted octanol–water partition coefficient (Wildman–Crippen LogP) is 1.92. The van der Waals surface area contributed by atoms with Crippen molar-refractivity contribution in [2.24, 2.45) is 0 Å². The van der Waals surface area contributed by atoms with Crippen molar-refractivity contribution in [2.45, 2.75) is 19.0 Å². The smallest absolute Gasteiger partial charge is 0.291 e. The van der Waals surface area contributed by atoms with Crippen LogP contribution in [0.2, 0.25) is 0 Å². The minimum atomic E-state index is -3.05. The van der Waals surface area contributed by atoms with Crippen LogP contribution in [0.1, 0.15) is 21.7 Å². The minimum absolute atomic E-state index is 0.0933. The fourth-order valence-corrected chi connectivity index (χ4v) is 6.02. The number of ketones is 1. The van der Waals surface area contributed by atoms with E-state index < -0.39 is 21.5 Å². The second kappa shape index (κ2) is 6.61. The Hall–Kier alpha value is -2.03. The monoisotopic (exact) mass is 390 g/mol. The van der Waals surface area contributed by atoms with Gasteiger partial charge < -0.3 is 0 Å². The van der Waals surface area contributed by atoms with Crippen LogP contribution in [0.3, 0.4) is 0 Å². The summed E-state index contributed by atoms with van der Waals surface area (Å²) in [5.74, 6) is -0.795. The third-order valence-corrected chi connectivity index (χ3v) is 7.48. The molecule has 8 heteroatoms. The van der Waals surface area contributed by atoms with Crippen molar-refractivity contribution < 1.29 is 18.0 Å². The Morgan fingerprint density at radius 1 is 1.15 bits per heavy atom. The van der Waals surface area contributed by atoms with Crippen LogP contribution < -0.4 is 4.90 Å². The van der Waals surface area contributed by atoms with Gasteiger partial charge in [-0.15, -0.1) is 11.3 Å². The SMILES string of the molecule is O=C1C(=O)N(CN(Cc2cccs2)[C@@H]2CCS(=O)(=O)C2)c2ccccc21. The maximum Gasteiger partial charge on any atom is 0.300 e. The standard InChI is InChI=1S/C18H18N2O4S2/c21-17-15-5-1-2-6-16(15)20(18(17)22)12-19(10-14-4-3-8-25-14)13-7-9-26(23,24)11-13/h1-6,8,13H,7,9-12H2/t13-/m1/s1. The zero-order chi connectivity index (χ0) is 18.3. The molecule has 1 aromatic heterocycles. The van der Waals surface area contributed by atoms with Crippen molar-refractivity contribution in [2.75, 3.05) is 23.1 Å². The number of sulfone groups is 1. The first-order valence-electron chi connectivity index (χ1n) is 8.37. The van der Waals surface area contributed by atoms with Gasteiger partial charge >= 0.3 is 5.91 Å². The second-order valence-corrected chi connectivity index (χ2v) is 9.86. The van der Waals surface area contributed by atoms with Crippen molar-refractivity contribution in [3.63, 3.8) is 0 Å². The number of carbonyl (C=O) groups is 2. The Morgan fingerprint density at radius 2 is 1.96 bits per heavy atom. The average molecular weight is 390 g/mol. The highest BCUT2D eigenvalue weighted by molar-refractivity contribution is 7.91. The molecule has 1 aromatic carbocycles. The largest absolute Gasteiger partial charge is 0.300 e. The van der Waals surface area contributed by atoms with Crippen LogP contribution >= 0.6 is 11.3 Å². The van der Waals surface area contributed by atoms with Crippen LogP contribution in [0.4, 0.5) is 5.69 Å². The highest BCUT2D eigenvalue weighted by Gasteiger charge is 2.39. The Bertz CT molecular complexity index is 953. The van der Waals surface area contributed by atoms with Gasteiger partial charge in [-0.2, -0.15) is 0 Å². The molecule has 0 N–H and O–H groups in total. The van der Waals surface area contributed by atoms with E-state index in [1.807, 2.05) is 22.4 Å². The summed E-state index contributed by atoms with van der Waals surface area (Å²) in [4.78, 5) is 29.3. The summed E-state index contributed by atoms with van der Waals surface area (Å²) in [6.07, 6.45) is 0.547. The summed E-state index contributed by atoms with van der Waals surface area (Å²) in [6.45, 7) is 0.762. The predicted molar refractivity (Wildman–Crippen MR) is 100 cm³/mol. The first-order chi connectivity index (χ1) is 12.4. The van der Waals surface area contributed by atoms with Crippen LogP contribution in [0.25, 0.3) is 0 Å². The number of anilines is 1. The molecule has 2 aliphatic heterocycles. The highest BCUT2D eigenvalue weighted by atomic mass is 32.2. The van der Waals surface area contributed by atoms with E-state index in [0.717, 1.165) is 4.88 Å². The summed E-state index contributed by atoms with van der Waals surface area (Å²) in [5, 5.41) is 1.97. The van der Waals surface area contributed by atoms with Gasteiger partial charge in [-0.3, -0.25) is 19.4 Å². The van der Waals surface area contributed by atoms with E-state index in [2.05, 4.69) is 0 Å². The number of Topliss-reactive ketones (excluding diaryl/α,β-unsaturated/α-hetero) is 1. The summed E-state index contributed by atoms with van der Waals surface area (Å²) in [7, 11) is -3.05. The van der Waals surface area contributed by atoms with E-state index in [-0.39, 0.29) is 24.2 Å². The summed E-state index contributed by atoms with van der Waals surface area (Å²) >= 11 is 1.59. The number of para-hydroxylation sites is 1. The van der Waals surface area contributed by atoms with Gasteiger partial charge in [0.05, 0.1) is 29.4 Å². The van der Waals surface area contributed by atoms with E-state index in [1.54, 1.807) is 35.6 Å². The summed E-state index contributed by atoms with van der Waals surface area (Å²) < 4.78 is 23.9. The number of hydrogen-bond donors (Lipinski definition) is 0. The molecule has 0 aliphatic carbocycles. The van der Waals surface area contributed by atoms with Crippen molar-refractivity contribution >= 4 is 38.6 Å². The van der Waals surface area contributed by atoms with Crippen LogP contribution in [-0.4, -0.2) is 49.2 Å². The first kappa shape index (κ1) is 17.4. The highest BCUT2D eigenvalue weighted by Crippen LogP contribution is 2.30. The van der Waals surface area contributed by atoms with Crippen LogP contribution in [0, 0.1) is 0 Å². The average Bonchev–Trinajstić information content (AvgIpc) is 3.31. The minimum Gasteiger partial charge on any atom is -0.291 e. The van der Waals surface area contributed by atoms with E-state index in [1.165, 1.54) is 4.90 Å². The molecule has 1 atom stereocenters. The lowest BCUT2D eigenvalue weighted by molar-refractivity contribution is -0.114. The molecule has 136 valence electrons. The second-order valence-electron chi connectivity index (χ2n) is 6.60. The van der Waals surface area contributed by atoms with E-state index >= 15 is 0 Å². The topological polar surface area (TPSA) is 74.8 Å². The number of amides is 1. The molecule has 4 rings (SSSR count). The lowest BCUT2D eigenvalue weighted by Crippen LogP contribution is -2.45. The van der Waals surface area contributed by atoms with Gasteiger partial charge in [0, 0.05) is 17.5 Å². The lowest BCUT2D eigenvalue weighted by Gasteiger charge is -2.31. The first-order valence-corrected chi connectivity index (χ1v) is 11.1. The lowest BCUT2D eigenvalue weighted by atomic mass is 10.1. The Kier molecular flexibility index (Phi) is 4.42. The van der Waals surface area contributed by atoms with Gasteiger partial charge in [0.25, 0.3) is 5.78 Å². The molecule has 0 bridgehead atoms. The Balaban J connectivity index is 1.62. The third-order valence-electron chi connectivity index (χ3n) is 4.87. The summed E-state index contributed by atoms with van der Waals surface area (Å²) in [6, 6.07) is 10.7. The van der Waals surface area contributed by atoms with Crippen molar-refractivity contribution in [1.82, 2.24) is 4.90 Å². The molecule has 1 saturated heterocycles. The molecule has 1 amide bonds. The molecule has 0 radical (unpaired) electrons. The Labute approximate surface area is 156 Å². The normalized spacial score (nSPS) is 21.6. The molecular formula is C18H18N2O4S2. The molecular weight excluding hydrogens is 372 g/mol. The van der Waals surface area contributed by atoms with Gasteiger partial charge in [-0.1, -0.05) is 18.2 Å². The van der Waals surface area contributed by atoms with Crippen LogP contribution in [0.5, 0.6) is 0 Å². The number of fused-ring (bicyclic) bond motifs is 1. The third kappa shape index (κ3) is 3.20. The van der Waals surface area contributed by atoms with Crippen LogP contribution in [-0.2, 0) is 21.2 Å². The molecule has 2 aliphatic rings. The van der Waals surface area contributed by atoms with Crippen molar-refractivity contribution in [3.05, 3.63) is 52.2 Å². The molecule has 3 heterocycles. The number of carbonyl (C=O) groups excluding carboxylic acids is 2. The Morgan fingerprint density at radius 3 is 2.65 bits per heavy atom. The van der Waals surface area contributed by atoms with Crippen molar-refractivity contribution in [3.8, 4) is 0 Å². The number of hydrogen-bond acceptors (Lipinski definition) is 6. The van der Waals surface area contributed by atoms with E-state index in [9.17, 15) is 18.0 Å². The van der Waals surface area contributed by atoms with E-state index in [0.29, 0.717) is 24.2 Å². The van der Waals surface area contributed by atoms with E-state index in [4.69, 9.17) is 0 Å². The fourth-order valence-electron chi connectivity index (χ4n) is 3.53. The van der Waals surface area contributed by atoms with Gasteiger partial charge in [0.2, 0.25) is 0 Å². The number of benzene rings is 1. The molecule has 26 heavy (non-hydrogen) atoms. The van der Waals surface area contributed by atoms with Gasteiger partial charge in [0.15, 0.2) is 9.84 Å². The molecule has 1 fully saturated rings. The fraction of sp³-hybridized carbons (Fsp3) is 0.333. The number of nitrogens with zero attached hydrogens (tertiary/aromatic N) is 2. The molecule has 0 spiro atoms. The maximum absolute atomic E-state index is 12.5. The molecule has 6 nitrogen and oxygen atoms in total.